The molecule has 0 radical (unpaired) electrons. The Balaban J connectivity index is 2.47. The van der Waals surface area contributed by atoms with Gasteiger partial charge in [-0.2, -0.15) is 9.78 Å². The average Bonchev–Trinajstić information content (AvgIpc) is 2.67. The van der Waals surface area contributed by atoms with Crippen LogP contribution in [0.5, 0.6) is 0 Å². The predicted octanol–water partition coefficient (Wildman–Crippen LogP) is 0.796. The molecule has 2 aromatic rings. The second-order valence-electron chi connectivity index (χ2n) is 2.29. The zero-order chi connectivity index (χ0) is 9.10. The minimum atomic E-state index is 0.310. The SMILES string of the molecule is ClCc1ncnn1-c1ccncn1. The highest BCUT2D eigenvalue weighted by molar-refractivity contribution is 6.16. The van der Waals surface area contributed by atoms with Gasteiger partial charge in [0.1, 0.15) is 18.5 Å². The maximum Gasteiger partial charge on any atom is 0.158 e. The fraction of sp³-hybridized carbons (Fsp3) is 0.143. The molecule has 13 heavy (non-hydrogen) atoms. The molecule has 0 unspecified atom stereocenters. The molecule has 0 aliphatic heterocycles. The molecule has 6 heteroatoms. The fourth-order valence-corrected chi connectivity index (χ4v) is 1.14. The van der Waals surface area contributed by atoms with E-state index in [4.69, 9.17) is 11.6 Å². The van der Waals surface area contributed by atoms with Gasteiger partial charge in [0.15, 0.2) is 5.82 Å². The highest BCUT2D eigenvalue weighted by Gasteiger charge is 2.04. The van der Waals surface area contributed by atoms with Crippen molar-refractivity contribution in [1.29, 1.82) is 0 Å². The van der Waals surface area contributed by atoms with Crippen LogP contribution in [-0.2, 0) is 5.88 Å². The Morgan fingerprint density at radius 1 is 1.31 bits per heavy atom. The molecule has 2 heterocycles. The standard InChI is InChI=1S/C7H6ClN5/c8-3-7-11-5-12-13(7)6-1-2-9-4-10-6/h1-2,4-5H,3H2. The molecule has 0 spiro atoms. The van der Waals surface area contributed by atoms with Gasteiger partial charge in [0.2, 0.25) is 0 Å². The smallest absolute Gasteiger partial charge is 0.158 e. The first-order valence-electron chi connectivity index (χ1n) is 3.63. The first kappa shape index (κ1) is 8.12. The average molecular weight is 196 g/mol. The molecule has 0 aliphatic carbocycles. The van der Waals surface area contributed by atoms with Crippen molar-refractivity contribution in [3.05, 3.63) is 30.7 Å². The molecular weight excluding hydrogens is 190 g/mol. The minimum Gasteiger partial charge on any atom is -0.245 e. The lowest BCUT2D eigenvalue weighted by Crippen LogP contribution is -2.03. The zero-order valence-corrected chi connectivity index (χ0v) is 7.39. The molecule has 0 bridgehead atoms. The van der Waals surface area contributed by atoms with Crippen molar-refractivity contribution in [2.75, 3.05) is 0 Å². The maximum atomic E-state index is 5.66. The number of rotatable bonds is 2. The third-order valence-corrected chi connectivity index (χ3v) is 1.76. The third kappa shape index (κ3) is 1.50. The van der Waals surface area contributed by atoms with Crippen molar-refractivity contribution < 1.29 is 0 Å². The minimum absolute atomic E-state index is 0.310. The monoisotopic (exact) mass is 195 g/mol. The second kappa shape index (κ2) is 3.49. The molecule has 0 atom stereocenters. The molecule has 0 aliphatic rings. The van der Waals surface area contributed by atoms with E-state index in [0.717, 1.165) is 0 Å². The summed E-state index contributed by atoms with van der Waals surface area (Å²) in [5, 5.41) is 3.99. The van der Waals surface area contributed by atoms with Crippen LogP contribution in [0.3, 0.4) is 0 Å². The number of alkyl halides is 1. The predicted molar refractivity (Wildman–Crippen MR) is 46.5 cm³/mol. The van der Waals surface area contributed by atoms with E-state index in [0.29, 0.717) is 17.5 Å². The molecule has 66 valence electrons. The van der Waals surface area contributed by atoms with E-state index in [2.05, 4.69) is 20.1 Å². The molecule has 5 nitrogen and oxygen atoms in total. The first-order valence-corrected chi connectivity index (χ1v) is 4.16. The van der Waals surface area contributed by atoms with Crippen molar-refractivity contribution in [2.45, 2.75) is 5.88 Å². The van der Waals surface area contributed by atoms with Crippen LogP contribution in [0, 0.1) is 0 Å². The summed E-state index contributed by atoms with van der Waals surface area (Å²) in [6.45, 7) is 0. The lowest BCUT2D eigenvalue weighted by atomic mass is 10.5. The van der Waals surface area contributed by atoms with Gasteiger partial charge in [-0.15, -0.1) is 11.6 Å². The highest BCUT2D eigenvalue weighted by atomic mass is 35.5. The van der Waals surface area contributed by atoms with E-state index in [9.17, 15) is 0 Å². The van der Waals surface area contributed by atoms with Gasteiger partial charge in [0, 0.05) is 12.3 Å². The summed E-state index contributed by atoms with van der Waals surface area (Å²) in [7, 11) is 0. The van der Waals surface area contributed by atoms with Crippen LogP contribution >= 0.6 is 11.6 Å². The molecule has 0 saturated carbocycles. The van der Waals surface area contributed by atoms with Crippen LogP contribution in [-0.4, -0.2) is 24.7 Å². The summed E-state index contributed by atoms with van der Waals surface area (Å²) in [6, 6.07) is 1.74. The summed E-state index contributed by atoms with van der Waals surface area (Å²) < 4.78 is 1.58. The Labute approximate surface area is 79.4 Å². The summed E-state index contributed by atoms with van der Waals surface area (Å²) in [5.41, 5.74) is 0. The van der Waals surface area contributed by atoms with Crippen LogP contribution in [0.25, 0.3) is 5.82 Å². The van der Waals surface area contributed by atoms with E-state index in [1.807, 2.05) is 0 Å². The van der Waals surface area contributed by atoms with Gasteiger partial charge in [-0.05, 0) is 0 Å². The van der Waals surface area contributed by atoms with Crippen LogP contribution < -0.4 is 0 Å². The van der Waals surface area contributed by atoms with Crippen LogP contribution in [0.2, 0.25) is 0 Å². The van der Waals surface area contributed by atoms with Crippen molar-refractivity contribution in [2.24, 2.45) is 0 Å². The van der Waals surface area contributed by atoms with E-state index in [1.165, 1.54) is 12.7 Å². The first-order chi connectivity index (χ1) is 6.42. The Kier molecular flexibility index (Phi) is 2.18. The Morgan fingerprint density at radius 2 is 2.23 bits per heavy atom. The van der Waals surface area contributed by atoms with Crippen LogP contribution in [0.1, 0.15) is 5.82 Å². The molecule has 2 rings (SSSR count). The van der Waals surface area contributed by atoms with E-state index in [1.54, 1.807) is 16.9 Å². The molecule has 0 saturated heterocycles. The van der Waals surface area contributed by atoms with Gasteiger partial charge < -0.3 is 0 Å². The quantitative estimate of drug-likeness (QED) is 0.665. The number of hydrogen-bond donors (Lipinski definition) is 0. The van der Waals surface area contributed by atoms with E-state index < -0.39 is 0 Å². The topological polar surface area (TPSA) is 56.5 Å². The van der Waals surface area contributed by atoms with Crippen LogP contribution in [0.4, 0.5) is 0 Å². The summed E-state index contributed by atoms with van der Waals surface area (Å²) in [6.07, 6.45) is 4.54. The van der Waals surface area contributed by atoms with Gasteiger partial charge >= 0.3 is 0 Å². The highest BCUT2D eigenvalue weighted by Crippen LogP contribution is 2.05. The van der Waals surface area contributed by atoms with Gasteiger partial charge in [-0.1, -0.05) is 0 Å². The Hall–Kier alpha value is -1.49. The normalized spacial score (nSPS) is 10.2. The number of hydrogen-bond acceptors (Lipinski definition) is 4. The van der Waals surface area contributed by atoms with Gasteiger partial charge in [0.05, 0.1) is 5.88 Å². The van der Waals surface area contributed by atoms with Gasteiger partial charge in [-0.25, -0.2) is 15.0 Å². The van der Waals surface area contributed by atoms with Gasteiger partial charge in [0.25, 0.3) is 0 Å². The maximum absolute atomic E-state index is 5.66. The van der Waals surface area contributed by atoms with Crippen LogP contribution in [0.15, 0.2) is 24.9 Å². The van der Waals surface area contributed by atoms with Gasteiger partial charge in [-0.3, -0.25) is 0 Å². The van der Waals surface area contributed by atoms with E-state index in [-0.39, 0.29) is 0 Å². The Morgan fingerprint density at radius 3 is 2.92 bits per heavy atom. The third-order valence-electron chi connectivity index (χ3n) is 1.52. The van der Waals surface area contributed by atoms with E-state index >= 15 is 0 Å². The van der Waals surface area contributed by atoms with Crippen molar-refractivity contribution in [3.8, 4) is 5.82 Å². The lowest BCUT2D eigenvalue weighted by molar-refractivity contribution is 0.799. The number of aromatic nitrogens is 5. The fourth-order valence-electron chi connectivity index (χ4n) is 0.957. The van der Waals surface area contributed by atoms with Crippen molar-refractivity contribution in [3.63, 3.8) is 0 Å². The zero-order valence-electron chi connectivity index (χ0n) is 6.63. The number of nitrogens with zero attached hydrogens (tertiary/aromatic N) is 5. The summed E-state index contributed by atoms with van der Waals surface area (Å²) in [5.74, 6) is 1.65. The van der Waals surface area contributed by atoms with Crippen molar-refractivity contribution in [1.82, 2.24) is 24.7 Å². The second-order valence-corrected chi connectivity index (χ2v) is 2.56. The largest absolute Gasteiger partial charge is 0.245 e. The Bertz CT molecular complexity index is 385. The molecule has 2 aromatic heterocycles. The molecule has 0 aromatic carbocycles. The van der Waals surface area contributed by atoms with Crippen molar-refractivity contribution >= 4 is 11.6 Å². The number of halogens is 1. The molecule has 0 amide bonds. The molecular formula is C7H6ClN5. The molecule has 0 N–H and O–H groups in total. The molecule has 0 fully saturated rings. The summed E-state index contributed by atoms with van der Waals surface area (Å²) >= 11 is 5.66. The lowest BCUT2D eigenvalue weighted by Gasteiger charge is -2.00. The summed E-state index contributed by atoms with van der Waals surface area (Å²) in [4.78, 5) is 11.8.